The summed E-state index contributed by atoms with van der Waals surface area (Å²) in [5.41, 5.74) is 1.02. The Labute approximate surface area is 114 Å². The molecule has 1 atom stereocenters. The van der Waals surface area contributed by atoms with Gasteiger partial charge in [-0.15, -0.1) is 0 Å². The number of aromatic nitrogens is 2. The first kappa shape index (κ1) is 12.8. The predicted octanol–water partition coefficient (Wildman–Crippen LogP) is 1.34. The molecule has 0 bridgehead atoms. The summed E-state index contributed by atoms with van der Waals surface area (Å²) >= 11 is 0. The minimum Gasteiger partial charge on any atom is -0.377 e. The number of ether oxygens (including phenoxy) is 1. The fraction of sp³-hybridized carbons (Fsp3) is 0.714. The molecule has 1 aromatic heterocycles. The van der Waals surface area contributed by atoms with Crippen molar-refractivity contribution in [1.82, 2.24) is 15.3 Å². The number of hydrogen-bond donors (Lipinski definition) is 1. The van der Waals surface area contributed by atoms with Crippen molar-refractivity contribution >= 4 is 5.82 Å². The molecule has 0 spiro atoms. The Morgan fingerprint density at radius 1 is 1.37 bits per heavy atom. The Morgan fingerprint density at radius 3 is 3.00 bits per heavy atom. The highest BCUT2D eigenvalue weighted by atomic mass is 16.5. The van der Waals surface area contributed by atoms with Crippen LogP contribution in [0.5, 0.6) is 0 Å². The van der Waals surface area contributed by atoms with Gasteiger partial charge < -0.3 is 15.0 Å². The van der Waals surface area contributed by atoms with Crippen molar-refractivity contribution in [2.45, 2.75) is 44.9 Å². The van der Waals surface area contributed by atoms with E-state index in [1.54, 1.807) is 0 Å². The fourth-order valence-electron chi connectivity index (χ4n) is 2.34. The van der Waals surface area contributed by atoms with Gasteiger partial charge in [-0.1, -0.05) is 0 Å². The first-order valence-electron chi connectivity index (χ1n) is 7.22. The zero-order valence-corrected chi connectivity index (χ0v) is 11.5. The monoisotopic (exact) mass is 262 g/mol. The summed E-state index contributed by atoms with van der Waals surface area (Å²) in [7, 11) is 0. The third kappa shape index (κ3) is 3.64. The van der Waals surface area contributed by atoms with E-state index in [2.05, 4.69) is 27.1 Å². The molecule has 0 amide bonds. The van der Waals surface area contributed by atoms with E-state index in [4.69, 9.17) is 4.74 Å². The summed E-state index contributed by atoms with van der Waals surface area (Å²) < 4.78 is 5.65. The van der Waals surface area contributed by atoms with E-state index < -0.39 is 0 Å². The van der Waals surface area contributed by atoms with Crippen LogP contribution in [0.4, 0.5) is 5.82 Å². The highest BCUT2D eigenvalue weighted by Gasteiger charge is 2.20. The third-order valence-electron chi connectivity index (χ3n) is 3.62. The zero-order valence-electron chi connectivity index (χ0n) is 11.5. The number of rotatable bonds is 4. The van der Waals surface area contributed by atoms with Gasteiger partial charge in [0.25, 0.3) is 0 Å². The zero-order chi connectivity index (χ0) is 13.1. The molecule has 2 fully saturated rings. The van der Waals surface area contributed by atoms with Gasteiger partial charge in [0.15, 0.2) is 0 Å². The van der Waals surface area contributed by atoms with Crippen LogP contribution in [0.2, 0.25) is 0 Å². The topological polar surface area (TPSA) is 50.3 Å². The van der Waals surface area contributed by atoms with Crippen LogP contribution in [-0.2, 0) is 11.3 Å². The highest BCUT2D eigenvalue weighted by Crippen LogP contribution is 2.19. The van der Waals surface area contributed by atoms with Crippen LogP contribution in [0.25, 0.3) is 0 Å². The lowest BCUT2D eigenvalue weighted by molar-refractivity contribution is 0.0820. The maximum absolute atomic E-state index is 5.65. The third-order valence-corrected chi connectivity index (χ3v) is 3.62. The average molecular weight is 262 g/mol. The Morgan fingerprint density at radius 2 is 2.26 bits per heavy atom. The second kappa shape index (κ2) is 5.84. The predicted molar refractivity (Wildman–Crippen MR) is 74.1 cm³/mol. The van der Waals surface area contributed by atoms with Gasteiger partial charge in [0, 0.05) is 32.3 Å². The van der Waals surface area contributed by atoms with Crippen molar-refractivity contribution in [2.75, 3.05) is 24.6 Å². The molecule has 104 valence electrons. The van der Waals surface area contributed by atoms with Crippen molar-refractivity contribution in [3.63, 3.8) is 0 Å². The molecule has 0 aromatic carbocycles. The second-order valence-corrected chi connectivity index (χ2v) is 5.50. The van der Waals surface area contributed by atoms with Gasteiger partial charge in [0.2, 0.25) is 0 Å². The molecule has 1 saturated heterocycles. The highest BCUT2D eigenvalue weighted by molar-refractivity contribution is 5.36. The normalized spacial score (nSPS) is 24.3. The summed E-state index contributed by atoms with van der Waals surface area (Å²) in [6, 6.07) is 0.713. The minimum absolute atomic E-state index is 0.264. The van der Waals surface area contributed by atoms with Crippen LogP contribution in [0.15, 0.2) is 12.4 Å². The van der Waals surface area contributed by atoms with Crippen LogP contribution in [-0.4, -0.2) is 41.8 Å². The molecule has 1 aliphatic carbocycles. The molecule has 1 aromatic rings. The lowest BCUT2D eigenvalue weighted by Crippen LogP contribution is -2.31. The lowest BCUT2D eigenvalue weighted by atomic mass is 10.3. The molecule has 19 heavy (non-hydrogen) atoms. The Bertz CT molecular complexity index is 404. The van der Waals surface area contributed by atoms with E-state index in [-0.39, 0.29) is 6.10 Å². The average Bonchev–Trinajstić information content (AvgIpc) is 3.25. The maximum Gasteiger partial charge on any atom is 0.147 e. The smallest absolute Gasteiger partial charge is 0.147 e. The molecule has 1 N–H and O–H groups in total. The molecule has 2 aliphatic rings. The molecule has 0 radical (unpaired) electrons. The van der Waals surface area contributed by atoms with Crippen molar-refractivity contribution in [2.24, 2.45) is 0 Å². The van der Waals surface area contributed by atoms with E-state index in [0.717, 1.165) is 44.2 Å². The molecule has 1 saturated carbocycles. The molecule has 3 rings (SSSR count). The van der Waals surface area contributed by atoms with Crippen molar-refractivity contribution in [3.05, 3.63) is 18.1 Å². The molecule has 5 heteroatoms. The first-order valence-corrected chi connectivity index (χ1v) is 7.22. The van der Waals surface area contributed by atoms with Gasteiger partial charge in [-0.25, -0.2) is 4.98 Å². The number of nitrogens with one attached hydrogen (secondary N) is 1. The second-order valence-electron chi connectivity index (χ2n) is 5.50. The van der Waals surface area contributed by atoms with Crippen molar-refractivity contribution < 1.29 is 4.74 Å². The molecule has 2 heterocycles. The molecule has 1 unspecified atom stereocenters. The summed E-state index contributed by atoms with van der Waals surface area (Å²) in [5.74, 6) is 0.965. The summed E-state index contributed by atoms with van der Waals surface area (Å²) in [5, 5.41) is 3.45. The van der Waals surface area contributed by atoms with Gasteiger partial charge in [-0.3, -0.25) is 4.98 Å². The number of anilines is 1. The van der Waals surface area contributed by atoms with Gasteiger partial charge in [0.05, 0.1) is 24.2 Å². The minimum atomic E-state index is 0.264. The van der Waals surface area contributed by atoms with Crippen LogP contribution in [0.1, 0.15) is 31.9 Å². The molecule has 5 nitrogen and oxygen atoms in total. The summed E-state index contributed by atoms with van der Waals surface area (Å²) in [6.07, 6.45) is 7.70. The summed E-state index contributed by atoms with van der Waals surface area (Å²) in [4.78, 5) is 11.3. The molecular formula is C14H22N4O. The van der Waals surface area contributed by atoms with E-state index in [0.29, 0.717) is 6.04 Å². The maximum atomic E-state index is 5.65. The van der Waals surface area contributed by atoms with Crippen LogP contribution >= 0.6 is 0 Å². The van der Waals surface area contributed by atoms with E-state index in [1.807, 2.05) is 12.4 Å². The van der Waals surface area contributed by atoms with Gasteiger partial charge in [0.1, 0.15) is 5.82 Å². The standard InChI is InChI=1S/C14H22N4O/c1-11-10-18(5-2-6-19-11)14-9-16-13(8-17-14)7-15-12-3-4-12/h8-9,11-12,15H,2-7,10H2,1H3. The quantitative estimate of drug-likeness (QED) is 0.887. The van der Waals surface area contributed by atoms with Crippen LogP contribution in [0, 0.1) is 0 Å². The molecule has 1 aliphatic heterocycles. The number of hydrogen-bond acceptors (Lipinski definition) is 5. The Balaban J connectivity index is 1.60. The Hall–Kier alpha value is -1.20. The van der Waals surface area contributed by atoms with E-state index in [1.165, 1.54) is 12.8 Å². The van der Waals surface area contributed by atoms with Gasteiger partial charge in [-0.2, -0.15) is 0 Å². The summed E-state index contributed by atoms with van der Waals surface area (Å²) in [6.45, 7) is 5.68. The van der Waals surface area contributed by atoms with Crippen LogP contribution < -0.4 is 10.2 Å². The number of nitrogens with zero attached hydrogens (tertiary/aromatic N) is 3. The van der Waals surface area contributed by atoms with E-state index in [9.17, 15) is 0 Å². The van der Waals surface area contributed by atoms with Gasteiger partial charge in [-0.05, 0) is 26.2 Å². The van der Waals surface area contributed by atoms with Crippen molar-refractivity contribution in [3.8, 4) is 0 Å². The van der Waals surface area contributed by atoms with Gasteiger partial charge >= 0.3 is 0 Å². The first-order chi connectivity index (χ1) is 9.31. The fourth-order valence-corrected chi connectivity index (χ4v) is 2.34. The van der Waals surface area contributed by atoms with E-state index >= 15 is 0 Å². The largest absolute Gasteiger partial charge is 0.377 e. The van der Waals surface area contributed by atoms with Crippen molar-refractivity contribution in [1.29, 1.82) is 0 Å². The SMILES string of the molecule is CC1CN(c2cnc(CNC3CC3)cn2)CCCO1. The lowest BCUT2D eigenvalue weighted by Gasteiger charge is -2.22. The molecular weight excluding hydrogens is 240 g/mol. The Kier molecular flexibility index (Phi) is 3.94. The van der Waals surface area contributed by atoms with Crippen LogP contribution in [0.3, 0.4) is 0 Å².